The summed E-state index contributed by atoms with van der Waals surface area (Å²) in [4.78, 5) is 12.3. The number of carbonyl (C=O) groups excluding carboxylic acids is 1. The van der Waals surface area contributed by atoms with E-state index in [9.17, 15) is 10.1 Å². The Morgan fingerprint density at radius 3 is 2.27 bits per heavy atom. The highest BCUT2D eigenvalue weighted by molar-refractivity contribution is 6.14. The number of benzene rings is 1. The molecule has 0 bridgehead atoms. The van der Waals surface area contributed by atoms with Crippen LogP contribution in [0.3, 0.4) is 0 Å². The van der Waals surface area contributed by atoms with E-state index in [4.69, 9.17) is 4.42 Å². The summed E-state index contributed by atoms with van der Waals surface area (Å²) in [5.74, 6) is 0.211. The summed E-state index contributed by atoms with van der Waals surface area (Å²) in [6.07, 6.45) is 3.07. The SMILES string of the molecule is Cc1occc1C(=O)/C(C#N)=C/c1ccc(C(C)(C)C)cc1. The molecule has 1 aromatic heterocycles. The molecule has 1 aromatic carbocycles. The van der Waals surface area contributed by atoms with Gasteiger partial charge in [0, 0.05) is 0 Å². The number of furan rings is 1. The summed E-state index contributed by atoms with van der Waals surface area (Å²) in [6.45, 7) is 8.14. The molecule has 0 radical (unpaired) electrons. The van der Waals surface area contributed by atoms with Crippen molar-refractivity contribution in [3.8, 4) is 6.07 Å². The molecule has 0 atom stereocenters. The molecule has 0 aliphatic heterocycles. The van der Waals surface area contributed by atoms with Crippen LogP contribution in [0.4, 0.5) is 0 Å². The summed E-state index contributed by atoms with van der Waals surface area (Å²) < 4.78 is 5.13. The second-order valence-electron chi connectivity index (χ2n) is 6.26. The van der Waals surface area contributed by atoms with Gasteiger partial charge in [-0.05, 0) is 35.6 Å². The van der Waals surface area contributed by atoms with Crippen molar-refractivity contribution in [2.24, 2.45) is 0 Å². The average molecular weight is 293 g/mol. The molecule has 3 heteroatoms. The van der Waals surface area contributed by atoms with Crippen LogP contribution < -0.4 is 0 Å². The van der Waals surface area contributed by atoms with E-state index in [0.29, 0.717) is 11.3 Å². The van der Waals surface area contributed by atoms with Crippen LogP contribution in [0.2, 0.25) is 0 Å². The Labute approximate surface area is 130 Å². The molecule has 0 saturated carbocycles. The van der Waals surface area contributed by atoms with E-state index in [0.717, 1.165) is 5.56 Å². The molecular formula is C19H19NO2. The molecular weight excluding hydrogens is 274 g/mol. The van der Waals surface area contributed by atoms with Gasteiger partial charge in [0.2, 0.25) is 5.78 Å². The van der Waals surface area contributed by atoms with E-state index in [2.05, 4.69) is 20.8 Å². The normalized spacial score (nSPS) is 12.0. The minimum Gasteiger partial charge on any atom is -0.469 e. The molecule has 0 spiro atoms. The number of hydrogen-bond acceptors (Lipinski definition) is 3. The zero-order chi connectivity index (χ0) is 16.3. The van der Waals surface area contributed by atoms with Gasteiger partial charge < -0.3 is 4.42 Å². The third-order valence-electron chi connectivity index (χ3n) is 3.56. The summed E-state index contributed by atoms with van der Waals surface area (Å²) in [5.41, 5.74) is 2.65. The van der Waals surface area contributed by atoms with Crippen molar-refractivity contribution in [1.82, 2.24) is 0 Å². The van der Waals surface area contributed by atoms with Gasteiger partial charge in [0.05, 0.1) is 11.8 Å². The summed E-state index contributed by atoms with van der Waals surface area (Å²) >= 11 is 0. The Morgan fingerprint density at radius 1 is 1.18 bits per heavy atom. The molecule has 2 aromatic rings. The highest BCUT2D eigenvalue weighted by Gasteiger charge is 2.17. The van der Waals surface area contributed by atoms with Gasteiger partial charge in [0.1, 0.15) is 17.4 Å². The van der Waals surface area contributed by atoms with Gasteiger partial charge in [-0.15, -0.1) is 0 Å². The minimum absolute atomic E-state index is 0.0734. The van der Waals surface area contributed by atoms with Gasteiger partial charge in [-0.3, -0.25) is 4.79 Å². The van der Waals surface area contributed by atoms with Gasteiger partial charge >= 0.3 is 0 Å². The second-order valence-corrected chi connectivity index (χ2v) is 6.26. The Kier molecular flexibility index (Phi) is 4.32. The van der Waals surface area contributed by atoms with Crippen LogP contribution in [0.15, 0.2) is 46.6 Å². The van der Waals surface area contributed by atoms with Crippen LogP contribution in [0.5, 0.6) is 0 Å². The first-order chi connectivity index (χ1) is 10.3. The van der Waals surface area contributed by atoms with Gasteiger partial charge in [-0.25, -0.2) is 0 Å². The molecule has 112 valence electrons. The molecule has 0 unspecified atom stereocenters. The highest BCUT2D eigenvalue weighted by Crippen LogP contribution is 2.23. The van der Waals surface area contributed by atoms with E-state index >= 15 is 0 Å². The fraction of sp³-hybridized carbons (Fsp3) is 0.263. The summed E-state index contributed by atoms with van der Waals surface area (Å²) in [5, 5.41) is 9.26. The van der Waals surface area contributed by atoms with E-state index in [1.54, 1.807) is 19.1 Å². The first kappa shape index (κ1) is 15.8. The molecule has 1 heterocycles. The van der Waals surface area contributed by atoms with Gasteiger partial charge in [0.25, 0.3) is 0 Å². The van der Waals surface area contributed by atoms with Gasteiger partial charge in [-0.1, -0.05) is 45.0 Å². The topological polar surface area (TPSA) is 54.0 Å². The van der Waals surface area contributed by atoms with Crippen molar-refractivity contribution in [1.29, 1.82) is 5.26 Å². The largest absolute Gasteiger partial charge is 0.469 e. The fourth-order valence-corrected chi connectivity index (χ4v) is 2.16. The number of carbonyl (C=O) groups is 1. The van der Waals surface area contributed by atoms with Crippen molar-refractivity contribution in [2.45, 2.75) is 33.1 Å². The molecule has 2 rings (SSSR count). The molecule has 0 amide bonds. The lowest BCUT2D eigenvalue weighted by atomic mass is 9.86. The van der Waals surface area contributed by atoms with E-state index in [1.807, 2.05) is 30.3 Å². The van der Waals surface area contributed by atoms with Gasteiger partial charge in [0.15, 0.2) is 0 Å². The number of rotatable bonds is 3. The van der Waals surface area contributed by atoms with Crippen LogP contribution in [0.25, 0.3) is 6.08 Å². The Bertz CT molecular complexity index is 750. The molecule has 22 heavy (non-hydrogen) atoms. The van der Waals surface area contributed by atoms with Crippen LogP contribution in [0.1, 0.15) is 48.0 Å². The Balaban J connectivity index is 2.32. The quantitative estimate of drug-likeness (QED) is 0.469. The number of nitrogens with zero attached hydrogens (tertiary/aromatic N) is 1. The van der Waals surface area contributed by atoms with Crippen molar-refractivity contribution >= 4 is 11.9 Å². The molecule has 0 saturated heterocycles. The van der Waals surface area contributed by atoms with Crippen molar-refractivity contribution in [3.63, 3.8) is 0 Å². The maximum absolute atomic E-state index is 12.3. The van der Waals surface area contributed by atoms with E-state index < -0.39 is 0 Å². The lowest BCUT2D eigenvalue weighted by Crippen LogP contribution is -2.10. The van der Waals surface area contributed by atoms with Crippen molar-refractivity contribution in [3.05, 3.63) is 64.6 Å². The number of aryl methyl sites for hydroxylation is 1. The van der Waals surface area contributed by atoms with E-state index in [1.165, 1.54) is 11.8 Å². The van der Waals surface area contributed by atoms with E-state index in [-0.39, 0.29) is 16.8 Å². The number of Topliss-reactive ketones (excluding diaryl/α,β-unsaturated/α-hetero) is 1. The molecule has 3 nitrogen and oxygen atoms in total. The zero-order valence-electron chi connectivity index (χ0n) is 13.3. The fourth-order valence-electron chi connectivity index (χ4n) is 2.16. The highest BCUT2D eigenvalue weighted by atomic mass is 16.3. The number of allylic oxidation sites excluding steroid dienone is 1. The standard InChI is InChI=1S/C19H19NO2/c1-13-17(9-10-22-13)18(21)15(12-20)11-14-5-7-16(8-6-14)19(2,3)4/h5-11H,1-4H3/b15-11+. The molecule has 0 fully saturated rings. The average Bonchev–Trinajstić information content (AvgIpc) is 2.89. The maximum Gasteiger partial charge on any atom is 0.207 e. The third kappa shape index (κ3) is 3.35. The van der Waals surface area contributed by atoms with Crippen LogP contribution in [-0.2, 0) is 5.41 Å². The Morgan fingerprint density at radius 2 is 1.82 bits per heavy atom. The predicted molar refractivity (Wildman–Crippen MR) is 86.5 cm³/mol. The smallest absolute Gasteiger partial charge is 0.207 e. The molecule has 0 aliphatic carbocycles. The van der Waals surface area contributed by atoms with Crippen LogP contribution in [0, 0.1) is 18.3 Å². The third-order valence-corrected chi connectivity index (χ3v) is 3.56. The monoisotopic (exact) mass is 293 g/mol. The number of nitriles is 1. The van der Waals surface area contributed by atoms with Crippen molar-refractivity contribution in [2.75, 3.05) is 0 Å². The minimum atomic E-state index is -0.311. The summed E-state index contributed by atoms with van der Waals surface area (Å²) in [7, 11) is 0. The Hall–Kier alpha value is -2.60. The summed E-state index contributed by atoms with van der Waals surface area (Å²) in [6, 6.07) is 11.5. The number of hydrogen-bond donors (Lipinski definition) is 0. The predicted octanol–water partition coefficient (Wildman–Crippen LogP) is 4.68. The van der Waals surface area contributed by atoms with Crippen LogP contribution in [-0.4, -0.2) is 5.78 Å². The van der Waals surface area contributed by atoms with Gasteiger partial charge in [-0.2, -0.15) is 5.26 Å². The lowest BCUT2D eigenvalue weighted by Gasteiger charge is -2.18. The first-order valence-corrected chi connectivity index (χ1v) is 7.14. The first-order valence-electron chi connectivity index (χ1n) is 7.14. The second kappa shape index (κ2) is 6.03. The van der Waals surface area contributed by atoms with Crippen LogP contribution >= 0.6 is 0 Å². The van der Waals surface area contributed by atoms with Crippen molar-refractivity contribution < 1.29 is 9.21 Å². The molecule has 0 N–H and O–H groups in total. The number of ketones is 1. The molecule has 0 aliphatic rings. The lowest BCUT2D eigenvalue weighted by molar-refractivity contribution is 0.103. The maximum atomic E-state index is 12.3. The zero-order valence-corrected chi connectivity index (χ0v) is 13.3.